The predicted molar refractivity (Wildman–Crippen MR) is 68.8 cm³/mol. The van der Waals surface area contributed by atoms with Crippen LogP contribution in [0.25, 0.3) is 0 Å². The van der Waals surface area contributed by atoms with Crippen molar-refractivity contribution in [2.24, 2.45) is 5.92 Å². The maximum absolute atomic E-state index is 11.8. The van der Waals surface area contributed by atoms with Crippen LogP contribution in [0.15, 0.2) is 0 Å². The quantitative estimate of drug-likeness (QED) is 0.540. The Bertz CT molecular complexity index is 190. The van der Waals surface area contributed by atoms with Gasteiger partial charge in [-0.15, -0.1) is 11.6 Å². The zero-order valence-electron chi connectivity index (χ0n) is 10.1. The van der Waals surface area contributed by atoms with Gasteiger partial charge in [0.05, 0.1) is 0 Å². The van der Waals surface area contributed by atoms with Gasteiger partial charge < -0.3 is 5.32 Å². The first-order valence-corrected chi connectivity index (χ1v) is 7.21. The average Bonchev–Trinajstić information content (AvgIpc) is 2.34. The molecule has 0 atom stereocenters. The van der Waals surface area contributed by atoms with E-state index in [2.05, 4.69) is 5.32 Å². The van der Waals surface area contributed by atoms with Gasteiger partial charge in [0.1, 0.15) is 0 Å². The molecule has 1 aliphatic rings. The van der Waals surface area contributed by atoms with Gasteiger partial charge in [0.25, 0.3) is 0 Å². The van der Waals surface area contributed by atoms with Crippen molar-refractivity contribution < 1.29 is 4.79 Å². The van der Waals surface area contributed by atoms with Gasteiger partial charge in [0.2, 0.25) is 5.91 Å². The number of alkyl halides is 1. The highest BCUT2D eigenvalue weighted by molar-refractivity contribution is 6.17. The Morgan fingerprint density at radius 1 is 1.06 bits per heavy atom. The summed E-state index contributed by atoms with van der Waals surface area (Å²) < 4.78 is 0. The van der Waals surface area contributed by atoms with E-state index in [0.29, 0.717) is 5.92 Å². The molecule has 0 aromatic carbocycles. The summed E-state index contributed by atoms with van der Waals surface area (Å²) in [4.78, 5) is 11.8. The van der Waals surface area contributed by atoms with Crippen molar-refractivity contribution in [3.8, 4) is 0 Å². The second-order valence-corrected chi connectivity index (χ2v) is 5.11. The molecule has 0 radical (unpaired) electrons. The molecule has 0 spiro atoms. The molecule has 1 aliphatic carbocycles. The Balaban J connectivity index is 1.97. The lowest BCUT2D eigenvalue weighted by atomic mass is 9.89. The van der Waals surface area contributed by atoms with E-state index in [1.165, 1.54) is 32.1 Å². The number of unbranched alkanes of at least 4 members (excludes halogenated alkanes) is 3. The third kappa shape index (κ3) is 5.74. The number of amides is 1. The molecular formula is C13H24ClNO. The minimum Gasteiger partial charge on any atom is -0.356 e. The molecule has 1 amide bonds. The number of hydrogen-bond acceptors (Lipinski definition) is 1. The van der Waals surface area contributed by atoms with E-state index < -0.39 is 0 Å². The molecule has 3 heteroatoms. The fourth-order valence-electron chi connectivity index (χ4n) is 2.29. The minimum atomic E-state index is 0.289. The topological polar surface area (TPSA) is 29.1 Å². The summed E-state index contributed by atoms with van der Waals surface area (Å²) in [5, 5.41) is 3.06. The molecule has 16 heavy (non-hydrogen) atoms. The predicted octanol–water partition coefficient (Wildman–Crippen LogP) is 3.48. The summed E-state index contributed by atoms with van der Waals surface area (Å²) in [6.45, 7) is 0.845. The highest BCUT2D eigenvalue weighted by Gasteiger charge is 2.20. The van der Waals surface area contributed by atoms with E-state index in [0.717, 1.165) is 38.1 Å². The Hall–Kier alpha value is -0.240. The summed E-state index contributed by atoms with van der Waals surface area (Å²) in [5.41, 5.74) is 0. The monoisotopic (exact) mass is 245 g/mol. The van der Waals surface area contributed by atoms with Crippen molar-refractivity contribution in [2.75, 3.05) is 12.4 Å². The lowest BCUT2D eigenvalue weighted by molar-refractivity contribution is -0.125. The number of hydrogen-bond donors (Lipinski definition) is 1. The van der Waals surface area contributed by atoms with Gasteiger partial charge in [0, 0.05) is 18.3 Å². The van der Waals surface area contributed by atoms with Crippen LogP contribution >= 0.6 is 11.6 Å². The van der Waals surface area contributed by atoms with Gasteiger partial charge in [-0.1, -0.05) is 32.1 Å². The SMILES string of the molecule is O=C(NCCCCCCCl)C1CCCCC1. The van der Waals surface area contributed by atoms with Crippen LogP contribution in [-0.4, -0.2) is 18.3 Å². The Kier molecular flexibility index (Phi) is 7.65. The summed E-state index contributed by atoms with van der Waals surface area (Å²) in [6, 6.07) is 0. The first-order chi connectivity index (χ1) is 7.84. The third-order valence-corrected chi connectivity index (χ3v) is 3.60. The Morgan fingerprint density at radius 2 is 1.75 bits per heavy atom. The third-order valence-electron chi connectivity index (χ3n) is 3.34. The van der Waals surface area contributed by atoms with Crippen molar-refractivity contribution in [2.45, 2.75) is 57.8 Å². The summed E-state index contributed by atoms with van der Waals surface area (Å²) in [6.07, 6.45) is 10.5. The largest absolute Gasteiger partial charge is 0.356 e. The molecule has 0 bridgehead atoms. The normalized spacial score (nSPS) is 17.3. The first kappa shape index (κ1) is 13.8. The van der Waals surface area contributed by atoms with E-state index in [9.17, 15) is 4.79 Å². The molecule has 0 aromatic heterocycles. The number of nitrogens with one attached hydrogen (secondary N) is 1. The van der Waals surface area contributed by atoms with Gasteiger partial charge in [0.15, 0.2) is 0 Å². The lowest BCUT2D eigenvalue weighted by Crippen LogP contribution is -2.32. The summed E-state index contributed by atoms with van der Waals surface area (Å²) in [5.74, 6) is 1.35. The Labute approximate surface area is 104 Å². The maximum atomic E-state index is 11.8. The molecule has 1 saturated carbocycles. The van der Waals surface area contributed by atoms with E-state index in [1.807, 2.05) is 0 Å². The number of rotatable bonds is 7. The Morgan fingerprint density at radius 3 is 2.44 bits per heavy atom. The highest BCUT2D eigenvalue weighted by atomic mass is 35.5. The van der Waals surface area contributed by atoms with Gasteiger partial charge in [-0.3, -0.25) is 4.79 Å². The smallest absolute Gasteiger partial charge is 0.223 e. The highest BCUT2D eigenvalue weighted by Crippen LogP contribution is 2.23. The fraction of sp³-hybridized carbons (Fsp3) is 0.923. The van der Waals surface area contributed by atoms with Crippen molar-refractivity contribution >= 4 is 17.5 Å². The van der Waals surface area contributed by atoms with Crippen molar-refractivity contribution in [3.05, 3.63) is 0 Å². The average molecular weight is 246 g/mol. The molecule has 0 unspecified atom stereocenters. The molecule has 0 saturated heterocycles. The second kappa shape index (κ2) is 8.86. The van der Waals surface area contributed by atoms with Crippen LogP contribution in [0.5, 0.6) is 0 Å². The summed E-state index contributed by atoms with van der Waals surface area (Å²) >= 11 is 5.60. The van der Waals surface area contributed by atoms with E-state index in [1.54, 1.807) is 0 Å². The number of halogens is 1. The molecule has 0 heterocycles. The van der Waals surface area contributed by atoms with Gasteiger partial charge in [-0.2, -0.15) is 0 Å². The number of carbonyl (C=O) groups excluding carboxylic acids is 1. The molecule has 1 rings (SSSR count). The fourth-order valence-corrected chi connectivity index (χ4v) is 2.48. The van der Waals surface area contributed by atoms with Crippen LogP contribution in [0, 0.1) is 5.92 Å². The van der Waals surface area contributed by atoms with Crippen LogP contribution < -0.4 is 5.32 Å². The first-order valence-electron chi connectivity index (χ1n) is 6.68. The van der Waals surface area contributed by atoms with Crippen LogP contribution in [0.4, 0.5) is 0 Å². The van der Waals surface area contributed by atoms with E-state index >= 15 is 0 Å². The summed E-state index contributed by atoms with van der Waals surface area (Å²) in [7, 11) is 0. The van der Waals surface area contributed by atoms with E-state index in [4.69, 9.17) is 11.6 Å². The van der Waals surface area contributed by atoms with Crippen molar-refractivity contribution in [1.82, 2.24) is 5.32 Å². The van der Waals surface area contributed by atoms with Gasteiger partial charge >= 0.3 is 0 Å². The van der Waals surface area contributed by atoms with Crippen molar-refractivity contribution in [3.63, 3.8) is 0 Å². The van der Waals surface area contributed by atoms with Crippen LogP contribution in [-0.2, 0) is 4.79 Å². The van der Waals surface area contributed by atoms with Gasteiger partial charge in [-0.25, -0.2) is 0 Å². The van der Waals surface area contributed by atoms with Crippen LogP contribution in [0.2, 0.25) is 0 Å². The molecule has 0 aromatic rings. The standard InChI is InChI=1S/C13H24ClNO/c14-10-6-1-2-7-11-15-13(16)12-8-4-3-5-9-12/h12H,1-11H2,(H,15,16). The zero-order valence-corrected chi connectivity index (χ0v) is 10.9. The van der Waals surface area contributed by atoms with Gasteiger partial charge in [-0.05, 0) is 25.7 Å². The molecule has 2 nitrogen and oxygen atoms in total. The molecule has 94 valence electrons. The lowest BCUT2D eigenvalue weighted by Gasteiger charge is -2.20. The van der Waals surface area contributed by atoms with Crippen LogP contribution in [0.3, 0.4) is 0 Å². The molecular weight excluding hydrogens is 222 g/mol. The maximum Gasteiger partial charge on any atom is 0.223 e. The van der Waals surface area contributed by atoms with Crippen LogP contribution in [0.1, 0.15) is 57.8 Å². The second-order valence-electron chi connectivity index (χ2n) is 4.73. The molecule has 1 fully saturated rings. The minimum absolute atomic E-state index is 0.289. The molecule has 1 N–H and O–H groups in total. The zero-order chi connectivity index (χ0) is 11.6. The van der Waals surface area contributed by atoms with E-state index in [-0.39, 0.29) is 5.91 Å². The molecule has 0 aliphatic heterocycles. The van der Waals surface area contributed by atoms with Crippen molar-refractivity contribution in [1.29, 1.82) is 0 Å². The number of carbonyl (C=O) groups is 1.